The standard InChI is InChI=1S/C13H19F2N3O3.C2H6/c1-16-13(21)10(14)8-17(9-19)6-3-5-12(20)18-7-2-4-11(18)15;1-2/h8-9,11H,2-7H2,1H3,(H,16,21);1-2H3/b10-8+;. The average Bonchev–Trinajstić information content (AvgIpc) is 3.00. The van der Waals surface area contributed by atoms with Gasteiger partial charge >= 0.3 is 0 Å². The van der Waals surface area contributed by atoms with E-state index in [2.05, 4.69) is 5.32 Å². The molecule has 1 aliphatic heterocycles. The zero-order chi connectivity index (χ0) is 17.8. The first-order valence-corrected chi connectivity index (χ1v) is 7.73. The van der Waals surface area contributed by atoms with Gasteiger partial charge in [-0.1, -0.05) is 13.8 Å². The van der Waals surface area contributed by atoms with Crippen molar-refractivity contribution in [3.05, 3.63) is 12.0 Å². The number of nitrogens with zero attached hydrogens (tertiary/aromatic N) is 2. The zero-order valence-corrected chi connectivity index (χ0v) is 13.8. The number of hydrogen-bond donors (Lipinski definition) is 1. The second-order valence-corrected chi connectivity index (χ2v) is 4.67. The van der Waals surface area contributed by atoms with Crippen molar-refractivity contribution in [3.8, 4) is 0 Å². The highest BCUT2D eigenvalue weighted by atomic mass is 19.1. The summed E-state index contributed by atoms with van der Waals surface area (Å²) in [6, 6.07) is 0. The van der Waals surface area contributed by atoms with Crippen LogP contribution in [0.25, 0.3) is 0 Å². The summed E-state index contributed by atoms with van der Waals surface area (Å²) in [5.41, 5.74) is 0. The van der Waals surface area contributed by atoms with Gasteiger partial charge in [0.15, 0.2) is 6.30 Å². The molecule has 3 amide bonds. The molecule has 1 N–H and O–H groups in total. The Morgan fingerprint density at radius 1 is 1.39 bits per heavy atom. The molecule has 1 fully saturated rings. The van der Waals surface area contributed by atoms with Crippen molar-refractivity contribution >= 4 is 18.2 Å². The fraction of sp³-hybridized carbons (Fsp3) is 0.667. The molecule has 0 aromatic rings. The Kier molecular flexibility index (Phi) is 10.6. The van der Waals surface area contributed by atoms with Gasteiger partial charge in [0, 0.05) is 32.8 Å². The summed E-state index contributed by atoms with van der Waals surface area (Å²) >= 11 is 0. The van der Waals surface area contributed by atoms with Crippen LogP contribution in [0.3, 0.4) is 0 Å². The first-order chi connectivity index (χ1) is 11.0. The van der Waals surface area contributed by atoms with E-state index in [9.17, 15) is 23.2 Å². The Bertz CT molecular complexity index is 430. The highest BCUT2D eigenvalue weighted by Gasteiger charge is 2.27. The van der Waals surface area contributed by atoms with Gasteiger partial charge in [0.25, 0.3) is 5.91 Å². The number of carbonyl (C=O) groups excluding carboxylic acids is 3. The number of carbonyl (C=O) groups is 3. The van der Waals surface area contributed by atoms with Crippen molar-refractivity contribution in [1.82, 2.24) is 15.1 Å². The minimum absolute atomic E-state index is 0.0696. The predicted octanol–water partition coefficient (Wildman–Crippen LogP) is 1.73. The zero-order valence-electron chi connectivity index (χ0n) is 13.8. The van der Waals surface area contributed by atoms with E-state index in [0.29, 0.717) is 25.8 Å². The van der Waals surface area contributed by atoms with Crippen molar-refractivity contribution in [2.75, 3.05) is 20.1 Å². The van der Waals surface area contributed by atoms with Gasteiger partial charge in [0.1, 0.15) is 0 Å². The lowest BCUT2D eigenvalue weighted by molar-refractivity contribution is -0.135. The lowest BCUT2D eigenvalue weighted by Crippen LogP contribution is -2.33. The maximum atomic E-state index is 13.3. The fourth-order valence-corrected chi connectivity index (χ4v) is 2.03. The average molecular weight is 333 g/mol. The van der Waals surface area contributed by atoms with Gasteiger partial charge in [0.2, 0.25) is 18.1 Å². The van der Waals surface area contributed by atoms with Gasteiger partial charge in [-0.3, -0.25) is 14.4 Å². The third kappa shape index (κ3) is 7.21. The van der Waals surface area contributed by atoms with Crippen LogP contribution in [-0.2, 0) is 14.4 Å². The van der Waals surface area contributed by atoms with E-state index < -0.39 is 18.0 Å². The Morgan fingerprint density at radius 2 is 2.04 bits per heavy atom. The number of likely N-dealkylation sites (N-methyl/N-ethyl adjacent to an activating group) is 1. The van der Waals surface area contributed by atoms with Gasteiger partial charge < -0.3 is 15.1 Å². The largest absolute Gasteiger partial charge is 0.353 e. The van der Waals surface area contributed by atoms with E-state index in [-0.39, 0.29) is 25.3 Å². The molecule has 1 unspecified atom stereocenters. The van der Waals surface area contributed by atoms with Crippen molar-refractivity contribution in [3.63, 3.8) is 0 Å². The topological polar surface area (TPSA) is 69.7 Å². The van der Waals surface area contributed by atoms with Crippen LogP contribution in [0.15, 0.2) is 12.0 Å². The monoisotopic (exact) mass is 333 g/mol. The molecule has 132 valence electrons. The molecule has 0 aliphatic carbocycles. The van der Waals surface area contributed by atoms with Crippen LogP contribution in [0, 0.1) is 0 Å². The maximum Gasteiger partial charge on any atom is 0.281 e. The number of halogens is 2. The van der Waals surface area contributed by atoms with Gasteiger partial charge in [-0.15, -0.1) is 0 Å². The normalized spacial score (nSPS) is 17.2. The molecule has 6 nitrogen and oxygen atoms in total. The molecule has 0 aromatic heterocycles. The second kappa shape index (κ2) is 11.6. The molecule has 1 saturated heterocycles. The molecule has 1 atom stereocenters. The summed E-state index contributed by atoms with van der Waals surface area (Å²) in [7, 11) is 1.27. The molecule has 0 aromatic carbocycles. The summed E-state index contributed by atoms with van der Waals surface area (Å²) < 4.78 is 26.6. The maximum absolute atomic E-state index is 13.3. The van der Waals surface area contributed by atoms with Crippen LogP contribution in [0.2, 0.25) is 0 Å². The van der Waals surface area contributed by atoms with E-state index in [1.165, 1.54) is 11.9 Å². The van der Waals surface area contributed by atoms with Gasteiger partial charge in [-0.05, 0) is 19.3 Å². The van der Waals surface area contributed by atoms with E-state index in [4.69, 9.17) is 0 Å². The fourth-order valence-electron chi connectivity index (χ4n) is 2.03. The smallest absolute Gasteiger partial charge is 0.281 e. The van der Waals surface area contributed by atoms with Crippen LogP contribution in [0.4, 0.5) is 8.78 Å². The summed E-state index contributed by atoms with van der Waals surface area (Å²) in [5.74, 6) is -2.35. The number of hydrogen-bond acceptors (Lipinski definition) is 3. The number of amides is 3. The molecule has 1 aliphatic rings. The van der Waals surface area contributed by atoms with E-state index >= 15 is 0 Å². The SMILES string of the molecule is CC.CNC(=O)/C(F)=C\N(C=O)CCCC(=O)N1CCCC1F. The quantitative estimate of drug-likeness (QED) is 0.438. The predicted molar refractivity (Wildman–Crippen MR) is 82.5 cm³/mol. The van der Waals surface area contributed by atoms with E-state index in [1.807, 2.05) is 13.8 Å². The molecule has 0 bridgehead atoms. The highest BCUT2D eigenvalue weighted by Crippen LogP contribution is 2.19. The van der Waals surface area contributed by atoms with Crippen molar-refractivity contribution in [2.45, 2.75) is 45.8 Å². The first-order valence-electron chi connectivity index (χ1n) is 7.73. The summed E-state index contributed by atoms with van der Waals surface area (Å²) in [5, 5.41) is 2.08. The minimum atomic E-state index is -1.23. The minimum Gasteiger partial charge on any atom is -0.353 e. The molecular weight excluding hydrogens is 308 g/mol. The number of likely N-dealkylation sites (tertiary alicyclic amines) is 1. The number of rotatable bonds is 7. The lowest BCUT2D eigenvalue weighted by Gasteiger charge is -2.19. The summed E-state index contributed by atoms with van der Waals surface area (Å²) in [4.78, 5) is 35.6. The van der Waals surface area contributed by atoms with E-state index in [0.717, 1.165) is 11.1 Å². The summed E-state index contributed by atoms with van der Waals surface area (Å²) in [6.07, 6.45) is 1.23. The number of alkyl halides is 1. The molecule has 0 saturated carbocycles. The number of nitrogens with one attached hydrogen (secondary N) is 1. The molecule has 1 heterocycles. The Morgan fingerprint density at radius 3 is 2.52 bits per heavy atom. The van der Waals surface area contributed by atoms with Crippen molar-refractivity contribution in [1.29, 1.82) is 0 Å². The Hall–Kier alpha value is -1.99. The van der Waals surface area contributed by atoms with Crippen LogP contribution in [0.5, 0.6) is 0 Å². The molecule has 1 rings (SSSR count). The van der Waals surface area contributed by atoms with Gasteiger partial charge in [-0.25, -0.2) is 4.39 Å². The molecule has 0 spiro atoms. The lowest BCUT2D eigenvalue weighted by atomic mass is 10.2. The van der Waals surface area contributed by atoms with Crippen LogP contribution >= 0.6 is 0 Å². The van der Waals surface area contributed by atoms with Crippen LogP contribution < -0.4 is 5.32 Å². The summed E-state index contributed by atoms with van der Waals surface area (Å²) in [6.45, 7) is 4.48. The third-order valence-corrected chi connectivity index (χ3v) is 3.17. The van der Waals surface area contributed by atoms with E-state index in [1.54, 1.807) is 0 Å². The van der Waals surface area contributed by atoms with Gasteiger partial charge in [-0.2, -0.15) is 4.39 Å². The first kappa shape index (κ1) is 21.0. The van der Waals surface area contributed by atoms with Gasteiger partial charge in [0.05, 0.1) is 0 Å². The molecule has 23 heavy (non-hydrogen) atoms. The highest BCUT2D eigenvalue weighted by molar-refractivity contribution is 5.91. The van der Waals surface area contributed by atoms with Crippen molar-refractivity contribution < 1.29 is 23.2 Å². The van der Waals surface area contributed by atoms with Crippen LogP contribution in [-0.4, -0.2) is 54.5 Å². The van der Waals surface area contributed by atoms with Crippen LogP contribution in [0.1, 0.15) is 39.5 Å². The Balaban J connectivity index is 0.00000232. The third-order valence-electron chi connectivity index (χ3n) is 3.17. The second-order valence-electron chi connectivity index (χ2n) is 4.67. The molecular formula is C15H25F2N3O3. The molecule has 0 radical (unpaired) electrons. The Labute approximate surface area is 135 Å². The van der Waals surface area contributed by atoms with Crippen molar-refractivity contribution in [2.24, 2.45) is 0 Å². The molecule has 8 heteroatoms.